The highest BCUT2D eigenvalue weighted by atomic mass is 16.5. The number of hydrogen-bond donors (Lipinski definition) is 2. The minimum Gasteiger partial charge on any atom is -0.497 e. The van der Waals surface area contributed by atoms with Gasteiger partial charge in [-0.3, -0.25) is 14.4 Å². The topological polar surface area (TPSA) is 97.0 Å². The molecule has 32 heavy (non-hydrogen) atoms. The fraction of sp³-hybridized carbons (Fsp3) is 0.625. The van der Waals surface area contributed by atoms with Crippen LogP contribution in [0.5, 0.6) is 11.5 Å². The fourth-order valence-electron chi connectivity index (χ4n) is 4.94. The lowest BCUT2D eigenvalue weighted by molar-refractivity contribution is -0.139. The van der Waals surface area contributed by atoms with Crippen LogP contribution in [0.4, 0.5) is 0 Å². The van der Waals surface area contributed by atoms with E-state index >= 15 is 0 Å². The summed E-state index contributed by atoms with van der Waals surface area (Å²) in [6.45, 7) is 2.11. The molecule has 174 valence electrons. The van der Waals surface area contributed by atoms with Gasteiger partial charge in [0.05, 0.1) is 12.7 Å². The monoisotopic (exact) mass is 443 g/mol. The zero-order valence-corrected chi connectivity index (χ0v) is 18.9. The molecule has 1 saturated carbocycles. The summed E-state index contributed by atoms with van der Waals surface area (Å²) in [7, 11) is 1.56. The largest absolute Gasteiger partial charge is 0.497 e. The van der Waals surface area contributed by atoms with Gasteiger partial charge in [-0.25, -0.2) is 0 Å². The van der Waals surface area contributed by atoms with E-state index in [0.29, 0.717) is 36.4 Å². The maximum absolute atomic E-state index is 12.9. The van der Waals surface area contributed by atoms with Gasteiger partial charge in [-0.15, -0.1) is 0 Å². The lowest BCUT2D eigenvalue weighted by Gasteiger charge is -2.38. The number of amides is 3. The number of fused-ring (bicyclic) bond motifs is 1. The number of methoxy groups -OCH3 is 1. The summed E-state index contributed by atoms with van der Waals surface area (Å²) in [5.41, 5.74) is -0.529. The molecule has 2 N–H and O–H groups in total. The maximum Gasteiger partial charge on any atom is 0.258 e. The molecule has 3 amide bonds. The van der Waals surface area contributed by atoms with Gasteiger partial charge in [0.1, 0.15) is 17.5 Å². The van der Waals surface area contributed by atoms with Crippen molar-refractivity contribution < 1.29 is 23.9 Å². The molecule has 3 aliphatic rings. The van der Waals surface area contributed by atoms with E-state index < -0.39 is 11.8 Å². The molecule has 1 aliphatic carbocycles. The highest BCUT2D eigenvalue weighted by molar-refractivity contribution is 5.98. The summed E-state index contributed by atoms with van der Waals surface area (Å²) >= 11 is 0. The third-order valence-electron chi connectivity index (χ3n) is 6.95. The smallest absolute Gasteiger partial charge is 0.258 e. The van der Waals surface area contributed by atoms with Gasteiger partial charge < -0.3 is 25.0 Å². The number of rotatable bonds is 4. The highest BCUT2D eigenvalue weighted by Gasteiger charge is 2.44. The van der Waals surface area contributed by atoms with Crippen molar-refractivity contribution in [1.82, 2.24) is 15.5 Å². The molecule has 1 aromatic carbocycles. The molecular formula is C24H33N3O5. The summed E-state index contributed by atoms with van der Waals surface area (Å²) in [6.07, 6.45) is 7.65. The highest BCUT2D eigenvalue weighted by Crippen LogP contribution is 2.36. The number of hydrogen-bond acceptors (Lipinski definition) is 5. The van der Waals surface area contributed by atoms with Crippen molar-refractivity contribution in [3.05, 3.63) is 23.8 Å². The Balaban J connectivity index is 1.44. The van der Waals surface area contributed by atoms with E-state index in [-0.39, 0.29) is 30.2 Å². The minimum atomic E-state index is -0.974. The van der Waals surface area contributed by atoms with Crippen LogP contribution >= 0.6 is 0 Å². The fourth-order valence-corrected chi connectivity index (χ4v) is 4.94. The van der Waals surface area contributed by atoms with Gasteiger partial charge >= 0.3 is 0 Å². The first-order valence-electron chi connectivity index (χ1n) is 11.7. The van der Waals surface area contributed by atoms with Crippen LogP contribution in [0, 0.1) is 0 Å². The minimum absolute atomic E-state index is 0.0975. The van der Waals surface area contributed by atoms with Crippen LogP contribution in [0.3, 0.4) is 0 Å². The Morgan fingerprint density at radius 3 is 2.69 bits per heavy atom. The van der Waals surface area contributed by atoms with Crippen LogP contribution in [-0.4, -0.2) is 54.1 Å². The third-order valence-corrected chi connectivity index (χ3v) is 6.95. The van der Waals surface area contributed by atoms with Crippen molar-refractivity contribution in [1.29, 1.82) is 0 Å². The lowest BCUT2D eigenvalue weighted by Crippen LogP contribution is -2.56. The maximum atomic E-state index is 12.9. The molecular weight excluding hydrogens is 410 g/mol. The summed E-state index contributed by atoms with van der Waals surface area (Å²) in [5, 5.41) is 6.12. The van der Waals surface area contributed by atoms with Gasteiger partial charge in [0.2, 0.25) is 11.8 Å². The summed E-state index contributed by atoms with van der Waals surface area (Å²) in [5.74, 6) is 0.621. The molecule has 1 saturated heterocycles. The van der Waals surface area contributed by atoms with Crippen molar-refractivity contribution in [2.24, 2.45) is 0 Å². The number of ether oxygens (including phenoxy) is 2. The van der Waals surface area contributed by atoms with Crippen molar-refractivity contribution in [2.75, 3.05) is 13.7 Å². The first-order valence-corrected chi connectivity index (χ1v) is 11.7. The van der Waals surface area contributed by atoms with E-state index in [2.05, 4.69) is 10.6 Å². The van der Waals surface area contributed by atoms with E-state index in [1.807, 2.05) is 0 Å². The van der Waals surface area contributed by atoms with Crippen molar-refractivity contribution in [3.8, 4) is 11.5 Å². The van der Waals surface area contributed by atoms with Crippen LogP contribution in [0.1, 0.15) is 75.1 Å². The Hall–Kier alpha value is -2.77. The molecule has 8 heteroatoms. The summed E-state index contributed by atoms with van der Waals surface area (Å²) in [4.78, 5) is 40.2. The predicted octanol–water partition coefficient (Wildman–Crippen LogP) is 2.75. The van der Waals surface area contributed by atoms with Crippen molar-refractivity contribution >= 4 is 17.7 Å². The van der Waals surface area contributed by atoms with Gasteiger partial charge in [-0.2, -0.15) is 0 Å². The van der Waals surface area contributed by atoms with E-state index in [1.54, 1.807) is 37.1 Å². The van der Waals surface area contributed by atoms with Gasteiger partial charge in [-0.05, 0) is 31.9 Å². The Kier molecular flexibility index (Phi) is 6.58. The second-order valence-electron chi connectivity index (χ2n) is 9.12. The van der Waals surface area contributed by atoms with Crippen molar-refractivity contribution in [3.63, 3.8) is 0 Å². The summed E-state index contributed by atoms with van der Waals surface area (Å²) < 4.78 is 11.5. The average molecular weight is 444 g/mol. The van der Waals surface area contributed by atoms with Gasteiger partial charge in [0.25, 0.3) is 5.91 Å². The molecule has 2 heterocycles. The summed E-state index contributed by atoms with van der Waals surface area (Å²) in [6, 6.07) is 4.71. The second kappa shape index (κ2) is 9.38. The van der Waals surface area contributed by atoms with Crippen molar-refractivity contribution in [2.45, 2.75) is 82.5 Å². The molecule has 1 spiro atoms. The van der Waals surface area contributed by atoms with Crippen LogP contribution in [0.2, 0.25) is 0 Å². The van der Waals surface area contributed by atoms with E-state index in [9.17, 15) is 14.4 Å². The molecule has 4 rings (SSSR count). The Bertz CT molecular complexity index is 880. The molecule has 8 nitrogen and oxygen atoms in total. The van der Waals surface area contributed by atoms with Crippen LogP contribution in [0.25, 0.3) is 0 Å². The van der Waals surface area contributed by atoms with E-state index in [4.69, 9.17) is 9.47 Å². The quantitative estimate of drug-likeness (QED) is 0.698. The van der Waals surface area contributed by atoms with E-state index in [0.717, 1.165) is 25.7 Å². The Labute approximate surface area is 189 Å². The van der Waals surface area contributed by atoms with Crippen LogP contribution < -0.4 is 20.1 Å². The van der Waals surface area contributed by atoms with Gasteiger partial charge in [-0.1, -0.05) is 25.7 Å². The molecule has 2 unspecified atom stereocenters. The Morgan fingerprint density at radius 2 is 1.97 bits per heavy atom. The first kappa shape index (κ1) is 22.4. The average Bonchev–Trinajstić information content (AvgIpc) is 3.13. The molecule has 0 bridgehead atoms. The third kappa shape index (κ3) is 4.69. The second-order valence-corrected chi connectivity index (χ2v) is 9.12. The zero-order chi connectivity index (χ0) is 22.7. The number of nitrogens with zero attached hydrogens (tertiary/aromatic N) is 1. The number of nitrogens with one attached hydrogen (secondary N) is 2. The first-order chi connectivity index (χ1) is 15.4. The number of likely N-dealkylation sites (tertiary alicyclic amines) is 1. The molecule has 0 radical (unpaired) electrons. The predicted molar refractivity (Wildman–Crippen MR) is 118 cm³/mol. The number of benzene rings is 1. The molecule has 2 aliphatic heterocycles. The zero-order valence-electron chi connectivity index (χ0n) is 18.9. The SMILES string of the molecule is COc1ccc2c(c1)OC1(CCC(=O)N(C(C)C(=O)NC3CCCCCC3)CC1)NC2=O. The lowest BCUT2D eigenvalue weighted by atomic mass is 10.00. The molecule has 1 aromatic rings. The number of carbonyl (C=O) groups is 3. The van der Waals surface area contributed by atoms with Crippen LogP contribution in [-0.2, 0) is 9.59 Å². The van der Waals surface area contributed by atoms with Gasteiger partial charge in [0.15, 0.2) is 5.72 Å². The number of carbonyl (C=O) groups excluding carboxylic acids is 3. The van der Waals surface area contributed by atoms with Gasteiger partial charge in [0, 0.05) is 37.9 Å². The molecule has 0 aromatic heterocycles. The standard InChI is InChI=1S/C24H33N3O5/c1-16(22(29)25-17-7-5-3-4-6-8-17)27-14-13-24(12-11-21(27)28)26-23(30)19-10-9-18(31-2)15-20(19)32-24/h9-10,15-17H,3-8,11-14H2,1-2H3,(H,25,29)(H,26,30). The molecule has 2 atom stereocenters. The van der Waals surface area contributed by atoms with E-state index in [1.165, 1.54) is 12.8 Å². The van der Waals surface area contributed by atoms with Crippen LogP contribution in [0.15, 0.2) is 18.2 Å². The normalized spacial score (nSPS) is 25.1. The molecule has 2 fully saturated rings. The Morgan fingerprint density at radius 1 is 1.22 bits per heavy atom.